The zero-order valence-electron chi connectivity index (χ0n) is 16.9. The van der Waals surface area contributed by atoms with Crippen molar-refractivity contribution >= 4 is 33.1 Å². The lowest BCUT2D eigenvalue weighted by atomic mass is 10.0. The second-order valence-corrected chi connectivity index (χ2v) is 7.88. The SMILES string of the molecule is COc1ccccc1NC(=O)C(C)n1cnc2scc(-c3ccc(C)cc3)c2c1=O. The maximum absolute atomic E-state index is 13.3. The van der Waals surface area contributed by atoms with Crippen LogP contribution in [0.5, 0.6) is 5.75 Å². The van der Waals surface area contributed by atoms with Crippen LogP contribution in [0.4, 0.5) is 5.69 Å². The van der Waals surface area contributed by atoms with E-state index >= 15 is 0 Å². The van der Waals surface area contributed by atoms with Crippen molar-refractivity contribution in [3.8, 4) is 16.9 Å². The van der Waals surface area contributed by atoms with Crippen LogP contribution in [0.2, 0.25) is 0 Å². The van der Waals surface area contributed by atoms with Crippen molar-refractivity contribution in [2.24, 2.45) is 0 Å². The number of thiophene rings is 1. The summed E-state index contributed by atoms with van der Waals surface area (Å²) in [5.41, 5.74) is 3.25. The molecule has 0 bridgehead atoms. The zero-order valence-corrected chi connectivity index (χ0v) is 17.7. The maximum Gasteiger partial charge on any atom is 0.263 e. The van der Waals surface area contributed by atoms with Gasteiger partial charge in [-0.25, -0.2) is 4.98 Å². The molecule has 1 unspecified atom stereocenters. The number of ether oxygens (including phenoxy) is 1. The van der Waals surface area contributed by atoms with Gasteiger partial charge in [0.05, 0.1) is 24.5 Å². The number of anilines is 1. The molecule has 0 radical (unpaired) electrons. The monoisotopic (exact) mass is 419 g/mol. The minimum atomic E-state index is -0.745. The molecular formula is C23H21N3O3S. The molecule has 2 heterocycles. The lowest BCUT2D eigenvalue weighted by molar-refractivity contribution is -0.118. The predicted molar refractivity (Wildman–Crippen MR) is 120 cm³/mol. The smallest absolute Gasteiger partial charge is 0.263 e. The second-order valence-electron chi connectivity index (χ2n) is 7.02. The molecule has 152 valence electrons. The summed E-state index contributed by atoms with van der Waals surface area (Å²) in [6.45, 7) is 3.70. The molecule has 0 aliphatic heterocycles. The lowest BCUT2D eigenvalue weighted by Crippen LogP contribution is -2.31. The molecule has 0 spiro atoms. The Bertz CT molecular complexity index is 1280. The van der Waals surface area contributed by atoms with Gasteiger partial charge < -0.3 is 10.1 Å². The molecule has 6 nitrogen and oxygen atoms in total. The molecule has 1 amide bonds. The first-order valence-electron chi connectivity index (χ1n) is 9.49. The minimum Gasteiger partial charge on any atom is -0.495 e. The van der Waals surface area contributed by atoms with Gasteiger partial charge in [0.25, 0.3) is 5.56 Å². The molecule has 1 N–H and O–H groups in total. The molecule has 0 fully saturated rings. The summed E-state index contributed by atoms with van der Waals surface area (Å²) in [6, 6.07) is 14.4. The van der Waals surface area contributed by atoms with Crippen LogP contribution in [0.1, 0.15) is 18.5 Å². The Balaban J connectivity index is 1.71. The number of carbonyl (C=O) groups is 1. The summed E-state index contributed by atoms with van der Waals surface area (Å²) >= 11 is 1.42. The van der Waals surface area contributed by atoms with E-state index in [1.165, 1.54) is 22.2 Å². The Morgan fingerprint density at radius 2 is 1.90 bits per heavy atom. The van der Waals surface area contributed by atoms with Crippen LogP contribution >= 0.6 is 11.3 Å². The highest BCUT2D eigenvalue weighted by Crippen LogP contribution is 2.31. The number of benzene rings is 2. The number of methoxy groups -OCH3 is 1. The van der Waals surface area contributed by atoms with E-state index in [4.69, 9.17) is 4.74 Å². The van der Waals surface area contributed by atoms with Gasteiger partial charge in [-0.3, -0.25) is 14.2 Å². The summed E-state index contributed by atoms with van der Waals surface area (Å²) in [5, 5.41) is 5.30. The molecular weight excluding hydrogens is 398 g/mol. The quantitative estimate of drug-likeness (QED) is 0.511. The predicted octanol–water partition coefficient (Wildman–Crippen LogP) is 4.64. The van der Waals surface area contributed by atoms with Gasteiger partial charge in [-0.15, -0.1) is 11.3 Å². The molecule has 30 heavy (non-hydrogen) atoms. The number of nitrogens with zero attached hydrogens (tertiary/aromatic N) is 2. The summed E-state index contributed by atoms with van der Waals surface area (Å²) in [7, 11) is 1.54. The number of amides is 1. The van der Waals surface area contributed by atoms with Crippen LogP contribution in [0, 0.1) is 6.92 Å². The molecule has 0 saturated carbocycles. The number of carbonyl (C=O) groups excluding carboxylic acids is 1. The third-order valence-electron chi connectivity index (χ3n) is 5.04. The normalized spacial score (nSPS) is 12.0. The summed E-state index contributed by atoms with van der Waals surface area (Å²) < 4.78 is 6.65. The average molecular weight is 420 g/mol. The fourth-order valence-electron chi connectivity index (χ4n) is 3.28. The highest BCUT2D eigenvalue weighted by molar-refractivity contribution is 7.17. The summed E-state index contributed by atoms with van der Waals surface area (Å²) in [6.07, 6.45) is 1.44. The average Bonchev–Trinajstić information content (AvgIpc) is 3.19. The Labute approximate surface area is 177 Å². The van der Waals surface area contributed by atoms with Crippen LogP contribution in [0.15, 0.2) is 65.0 Å². The van der Waals surface area contributed by atoms with Gasteiger partial charge in [0.1, 0.15) is 16.6 Å². The summed E-state index contributed by atoms with van der Waals surface area (Å²) in [4.78, 5) is 31.2. The number of fused-ring (bicyclic) bond motifs is 1. The Kier molecular flexibility index (Phi) is 5.37. The van der Waals surface area contributed by atoms with Crippen molar-refractivity contribution in [1.82, 2.24) is 9.55 Å². The van der Waals surface area contributed by atoms with Crippen molar-refractivity contribution in [1.29, 1.82) is 0 Å². The van der Waals surface area contributed by atoms with E-state index in [-0.39, 0.29) is 11.5 Å². The van der Waals surface area contributed by atoms with E-state index < -0.39 is 6.04 Å². The van der Waals surface area contributed by atoms with Gasteiger partial charge in [0.2, 0.25) is 5.91 Å². The van der Waals surface area contributed by atoms with Crippen LogP contribution in [0.25, 0.3) is 21.3 Å². The number of aromatic nitrogens is 2. The fourth-order valence-corrected chi connectivity index (χ4v) is 4.18. The molecule has 1 atom stereocenters. The van der Waals surface area contributed by atoms with Gasteiger partial charge in [0.15, 0.2) is 0 Å². The van der Waals surface area contributed by atoms with Gasteiger partial charge in [-0.1, -0.05) is 42.0 Å². The standard InChI is InChI=1S/C23H21N3O3S/c1-14-8-10-16(11-9-14)17-12-30-22-20(17)23(28)26(13-24-22)15(2)21(27)25-18-6-4-5-7-19(18)29-3/h4-13,15H,1-3H3,(H,25,27). The van der Waals surface area contributed by atoms with Crippen LogP contribution in [-0.2, 0) is 4.79 Å². The van der Waals surface area contributed by atoms with Crippen LogP contribution in [-0.4, -0.2) is 22.6 Å². The molecule has 2 aromatic heterocycles. The van der Waals surface area contributed by atoms with E-state index in [2.05, 4.69) is 10.3 Å². The number of para-hydroxylation sites is 2. The van der Waals surface area contributed by atoms with Gasteiger partial charge in [0, 0.05) is 10.9 Å². The number of aryl methyl sites for hydroxylation is 1. The highest BCUT2D eigenvalue weighted by Gasteiger charge is 2.21. The van der Waals surface area contributed by atoms with Crippen molar-refractivity contribution in [2.75, 3.05) is 12.4 Å². The Morgan fingerprint density at radius 3 is 2.63 bits per heavy atom. The van der Waals surface area contributed by atoms with Gasteiger partial charge in [-0.2, -0.15) is 0 Å². The van der Waals surface area contributed by atoms with Crippen molar-refractivity contribution in [3.63, 3.8) is 0 Å². The number of hydrogen-bond donors (Lipinski definition) is 1. The van der Waals surface area contributed by atoms with E-state index in [9.17, 15) is 9.59 Å². The zero-order chi connectivity index (χ0) is 21.3. The second kappa shape index (κ2) is 8.12. The molecule has 4 aromatic rings. The first-order chi connectivity index (χ1) is 14.5. The topological polar surface area (TPSA) is 73.2 Å². The summed E-state index contributed by atoms with van der Waals surface area (Å²) in [5.74, 6) is 0.230. The van der Waals surface area contributed by atoms with E-state index in [1.54, 1.807) is 26.2 Å². The maximum atomic E-state index is 13.3. The Morgan fingerprint density at radius 1 is 1.17 bits per heavy atom. The molecule has 0 aliphatic rings. The van der Waals surface area contributed by atoms with E-state index in [0.29, 0.717) is 21.7 Å². The largest absolute Gasteiger partial charge is 0.495 e. The third kappa shape index (κ3) is 3.59. The molecule has 2 aromatic carbocycles. The molecule has 7 heteroatoms. The van der Waals surface area contributed by atoms with Gasteiger partial charge in [-0.05, 0) is 31.5 Å². The van der Waals surface area contributed by atoms with Crippen LogP contribution in [0.3, 0.4) is 0 Å². The van der Waals surface area contributed by atoms with Crippen molar-refractivity contribution < 1.29 is 9.53 Å². The number of nitrogens with one attached hydrogen (secondary N) is 1. The number of rotatable bonds is 5. The van der Waals surface area contributed by atoms with E-state index in [0.717, 1.165) is 16.7 Å². The van der Waals surface area contributed by atoms with E-state index in [1.807, 2.05) is 48.7 Å². The van der Waals surface area contributed by atoms with Crippen LogP contribution < -0.4 is 15.6 Å². The highest BCUT2D eigenvalue weighted by atomic mass is 32.1. The first kappa shape index (κ1) is 19.8. The van der Waals surface area contributed by atoms with Gasteiger partial charge >= 0.3 is 0 Å². The first-order valence-corrected chi connectivity index (χ1v) is 10.4. The molecule has 0 saturated heterocycles. The van der Waals surface area contributed by atoms with Crippen molar-refractivity contribution in [3.05, 3.63) is 76.2 Å². The van der Waals surface area contributed by atoms with Crippen molar-refractivity contribution in [2.45, 2.75) is 19.9 Å². The minimum absolute atomic E-state index is 0.237. The molecule has 4 rings (SSSR count). The number of hydrogen-bond acceptors (Lipinski definition) is 5. The lowest BCUT2D eigenvalue weighted by Gasteiger charge is -2.16. The molecule has 0 aliphatic carbocycles. The fraction of sp³-hybridized carbons (Fsp3) is 0.174. The Hall–Kier alpha value is -3.45. The third-order valence-corrected chi connectivity index (χ3v) is 5.93.